The zero-order chi connectivity index (χ0) is 13.0. The number of rotatable bonds is 6. The van der Waals surface area contributed by atoms with Gasteiger partial charge in [-0.15, -0.1) is 0 Å². The lowest BCUT2D eigenvalue weighted by atomic mass is 10.3. The molecule has 1 saturated carbocycles. The van der Waals surface area contributed by atoms with Gasteiger partial charge < -0.3 is 15.8 Å². The molecular formula is C13H18N2O2S. The monoisotopic (exact) mass is 266 g/mol. The van der Waals surface area contributed by atoms with Gasteiger partial charge in [-0.25, -0.2) is 0 Å². The summed E-state index contributed by atoms with van der Waals surface area (Å²) in [6.45, 7) is 0.765. The van der Waals surface area contributed by atoms with Crippen LogP contribution in [0.4, 0.5) is 5.69 Å². The highest BCUT2D eigenvalue weighted by molar-refractivity contribution is 8.00. The first-order valence-corrected chi connectivity index (χ1v) is 7.16. The molecule has 0 atom stereocenters. The molecule has 1 aromatic rings. The van der Waals surface area contributed by atoms with Crippen LogP contribution >= 0.6 is 11.8 Å². The Hall–Kier alpha value is -1.36. The number of hydrogen-bond donors (Lipinski definition) is 2. The Labute approximate surface area is 111 Å². The maximum atomic E-state index is 11.6. The third-order valence-electron chi connectivity index (χ3n) is 3.08. The molecule has 1 fully saturated rings. The number of carbonyl (C=O) groups excluding carboxylic acids is 1. The Morgan fingerprint density at radius 1 is 1.56 bits per heavy atom. The first-order chi connectivity index (χ1) is 8.63. The molecule has 1 amide bonds. The fourth-order valence-corrected chi connectivity index (χ4v) is 2.38. The van der Waals surface area contributed by atoms with Gasteiger partial charge in [-0.3, -0.25) is 4.79 Å². The van der Waals surface area contributed by atoms with Crippen molar-refractivity contribution in [1.29, 1.82) is 0 Å². The second-order valence-electron chi connectivity index (χ2n) is 4.53. The first kappa shape index (κ1) is 13.1. The lowest BCUT2D eigenvalue weighted by Gasteiger charge is -2.13. The van der Waals surface area contributed by atoms with Crippen molar-refractivity contribution in [3.8, 4) is 5.75 Å². The Bertz CT molecular complexity index is 433. The van der Waals surface area contributed by atoms with Crippen molar-refractivity contribution in [2.24, 2.45) is 0 Å². The van der Waals surface area contributed by atoms with Gasteiger partial charge in [-0.2, -0.15) is 11.8 Å². The van der Waals surface area contributed by atoms with E-state index in [1.807, 2.05) is 11.8 Å². The van der Waals surface area contributed by atoms with Crippen LogP contribution in [0.25, 0.3) is 0 Å². The zero-order valence-electron chi connectivity index (χ0n) is 10.4. The summed E-state index contributed by atoms with van der Waals surface area (Å²) in [5.74, 6) is 0.536. The van der Waals surface area contributed by atoms with E-state index in [0.717, 1.165) is 6.54 Å². The van der Waals surface area contributed by atoms with E-state index >= 15 is 0 Å². The number of nitrogen functional groups attached to an aromatic ring is 1. The van der Waals surface area contributed by atoms with Crippen LogP contribution in [0.15, 0.2) is 24.3 Å². The van der Waals surface area contributed by atoms with E-state index in [1.165, 1.54) is 12.8 Å². The molecule has 0 aliphatic heterocycles. The van der Waals surface area contributed by atoms with Gasteiger partial charge in [0.25, 0.3) is 5.91 Å². The molecule has 1 aliphatic carbocycles. The normalized spacial score (nSPS) is 16.1. The van der Waals surface area contributed by atoms with Crippen LogP contribution in [0.5, 0.6) is 5.75 Å². The zero-order valence-corrected chi connectivity index (χ0v) is 11.3. The van der Waals surface area contributed by atoms with Crippen molar-refractivity contribution in [3.63, 3.8) is 0 Å². The smallest absolute Gasteiger partial charge is 0.257 e. The number of amides is 1. The number of benzene rings is 1. The molecule has 4 nitrogen and oxygen atoms in total. The van der Waals surface area contributed by atoms with Gasteiger partial charge in [0.15, 0.2) is 6.61 Å². The number of thioether (sulfide) groups is 1. The Kier molecular flexibility index (Phi) is 4.01. The molecule has 0 heterocycles. The summed E-state index contributed by atoms with van der Waals surface area (Å²) in [6, 6.07) is 7.07. The van der Waals surface area contributed by atoms with E-state index in [0.29, 0.717) is 11.4 Å². The number of nitrogens with two attached hydrogens (primary N) is 1. The summed E-state index contributed by atoms with van der Waals surface area (Å²) in [6.07, 6.45) is 4.46. The molecule has 3 N–H and O–H groups in total. The standard InChI is InChI=1S/C13H18N2O2S/c1-18-13(5-6-13)9-15-12(16)8-17-11-4-2-3-10(14)7-11/h2-4,7H,5-6,8-9,14H2,1H3,(H,15,16). The molecule has 0 aromatic heterocycles. The molecule has 0 radical (unpaired) electrons. The summed E-state index contributed by atoms with van der Waals surface area (Å²) >= 11 is 1.82. The summed E-state index contributed by atoms with van der Waals surface area (Å²) in [5.41, 5.74) is 6.26. The minimum atomic E-state index is -0.0854. The highest BCUT2D eigenvalue weighted by atomic mass is 32.2. The van der Waals surface area contributed by atoms with Gasteiger partial charge in [0.2, 0.25) is 0 Å². The quantitative estimate of drug-likeness (QED) is 0.769. The second-order valence-corrected chi connectivity index (χ2v) is 5.80. The van der Waals surface area contributed by atoms with E-state index < -0.39 is 0 Å². The van der Waals surface area contributed by atoms with Crippen LogP contribution in [0.2, 0.25) is 0 Å². The molecule has 2 rings (SSSR count). The van der Waals surface area contributed by atoms with Crippen LogP contribution in [-0.2, 0) is 4.79 Å². The number of anilines is 1. The number of ether oxygens (including phenoxy) is 1. The van der Waals surface area contributed by atoms with Crippen LogP contribution in [-0.4, -0.2) is 30.1 Å². The SMILES string of the molecule is CSC1(CNC(=O)COc2cccc(N)c2)CC1. The molecule has 18 heavy (non-hydrogen) atoms. The first-order valence-electron chi connectivity index (χ1n) is 5.94. The number of carbonyl (C=O) groups is 1. The fourth-order valence-electron chi connectivity index (χ4n) is 1.66. The topological polar surface area (TPSA) is 64.3 Å². The molecule has 98 valence electrons. The predicted octanol–water partition coefficient (Wildman–Crippen LogP) is 1.66. The van der Waals surface area contributed by atoms with Gasteiger partial charge >= 0.3 is 0 Å². The number of nitrogens with one attached hydrogen (secondary N) is 1. The van der Waals surface area contributed by atoms with Gasteiger partial charge in [0.05, 0.1) is 0 Å². The molecule has 1 aromatic carbocycles. The average molecular weight is 266 g/mol. The van der Waals surface area contributed by atoms with E-state index in [1.54, 1.807) is 24.3 Å². The maximum Gasteiger partial charge on any atom is 0.257 e. The Morgan fingerprint density at radius 3 is 2.94 bits per heavy atom. The van der Waals surface area contributed by atoms with E-state index in [9.17, 15) is 4.79 Å². The largest absolute Gasteiger partial charge is 0.484 e. The highest BCUT2D eigenvalue weighted by Gasteiger charge is 2.41. The maximum absolute atomic E-state index is 11.6. The molecule has 0 bridgehead atoms. The molecule has 0 saturated heterocycles. The third-order valence-corrected chi connectivity index (χ3v) is 4.50. The van der Waals surface area contributed by atoms with E-state index in [-0.39, 0.29) is 17.3 Å². The van der Waals surface area contributed by atoms with E-state index in [4.69, 9.17) is 10.5 Å². The highest BCUT2D eigenvalue weighted by Crippen LogP contribution is 2.46. The minimum absolute atomic E-state index is 0.0356. The Balaban J connectivity index is 1.72. The third kappa shape index (κ3) is 3.57. The van der Waals surface area contributed by atoms with Gasteiger partial charge in [-0.1, -0.05) is 6.07 Å². The average Bonchev–Trinajstić information content (AvgIpc) is 3.15. The summed E-state index contributed by atoms with van der Waals surface area (Å²) < 4.78 is 5.65. The van der Waals surface area contributed by atoms with Crippen molar-refractivity contribution in [2.75, 3.05) is 25.1 Å². The van der Waals surface area contributed by atoms with Crippen LogP contribution in [0.1, 0.15) is 12.8 Å². The second kappa shape index (κ2) is 5.52. The molecule has 0 unspecified atom stereocenters. The van der Waals surface area contributed by atoms with Crippen molar-refractivity contribution >= 4 is 23.4 Å². The van der Waals surface area contributed by atoms with Crippen molar-refractivity contribution in [3.05, 3.63) is 24.3 Å². The summed E-state index contributed by atoms with van der Waals surface area (Å²) in [7, 11) is 0. The van der Waals surface area contributed by atoms with Crippen LogP contribution < -0.4 is 15.8 Å². The van der Waals surface area contributed by atoms with Gasteiger partial charge in [0.1, 0.15) is 5.75 Å². The molecule has 0 spiro atoms. The minimum Gasteiger partial charge on any atom is -0.484 e. The van der Waals surface area contributed by atoms with E-state index in [2.05, 4.69) is 11.6 Å². The van der Waals surface area contributed by atoms with Crippen molar-refractivity contribution < 1.29 is 9.53 Å². The molecule has 5 heteroatoms. The van der Waals surface area contributed by atoms with Gasteiger partial charge in [-0.05, 0) is 31.2 Å². The van der Waals surface area contributed by atoms with Crippen molar-refractivity contribution in [2.45, 2.75) is 17.6 Å². The fraction of sp³-hybridized carbons (Fsp3) is 0.462. The number of hydrogen-bond acceptors (Lipinski definition) is 4. The van der Waals surface area contributed by atoms with Gasteiger partial charge in [0, 0.05) is 23.0 Å². The lowest BCUT2D eigenvalue weighted by Crippen LogP contribution is -2.35. The van der Waals surface area contributed by atoms with Crippen LogP contribution in [0, 0.1) is 0 Å². The predicted molar refractivity (Wildman–Crippen MR) is 74.8 cm³/mol. The molecular weight excluding hydrogens is 248 g/mol. The summed E-state index contributed by atoms with van der Waals surface area (Å²) in [4.78, 5) is 11.6. The van der Waals surface area contributed by atoms with Crippen LogP contribution in [0.3, 0.4) is 0 Å². The molecule has 1 aliphatic rings. The van der Waals surface area contributed by atoms with Crippen molar-refractivity contribution in [1.82, 2.24) is 5.32 Å². The lowest BCUT2D eigenvalue weighted by molar-refractivity contribution is -0.123. The summed E-state index contributed by atoms with van der Waals surface area (Å²) in [5, 5.41) is 2.91. The Morgan fingerprint density at radius 2 is 2.33 bits per heavy atom.